The van der Waals surface area contributed by atoms with E-state index in [1.165, 1.54) is 5.56 Å². The number of H-pyrrole nitrogens is 1. The Morgan fingerprint density at radius 3 is 2.43 bits per heavy atom. The number of fused-ring (bicyclic) bond motifs is 3. The van der Waals surface area contributed by atoms with Crippen LogP contribution in [-0.2, 0) is 0 Å². The van der Waals surface area contributed by atoms with E-state index in [9.17, 15) is 0 Å². The van der Waals surface area contributed by atoms with Crippen LogP contribution >= 0.6 is 0 Å². The highest BCUT2D eigenvalue weighted by Gasteiger charge is 2.17. The van der Waals surface area contributed by atoms with Crippen LogP contribution in [0.1, 0.15) is 28.5 Å². The standard InChI is InChI=1S/C18H18N4O/c1-8-6-14-15(7-13(8)16-10(3)22-23-11(16)4)21-18-17(14)9(2)19-12(5)20-18/h6-7H,1-5H3,(H,19,20,21). The summed E-state index contributed by atoms with van der Waals surface area (Å²) in [6.45, 7) is 9.98. The lowest BCUT2D eigenvalue weighted by Crippen LogP contribution is -1.91. The van der Waals surface area contributed by atoms with Crippen LogP contribution in [0.3, 0.4) is 0 Å². The first-order valence-corrected chi connectivity index (χ1v) is 7.66. The number of nitrogens with zero attached hydrogens (tertiary/aromatic N) is 3. The molecule has 116 valence electrons. The van der Waals surface area contributed by atoms with E-state index in [2.05, 4.69) is 39.2 Å². The van der Waals surface area contributed by atoms with Crippen molar-refractivity contribution in [2.45, 2.75) is 34.6 Å². The van der Waals surface area contributed by atoms with Gasteiger partial charge in [0.2, 0.25) is 0 Å². The minimum absolute atomic E-state index is 0.782. The summed E-state index contributed by atoms with van der Waals surface area (Å²) in [6, 6.07) is 4.36. The minimum atomic E-state index is 0.782. The molecule has 3 aromatic heterocycles. The molecule has 23 heavy (non-hydrogen) atoms. The van der Waals surface area contributed by atoms with Crippen molar-refractivity contribution in [2.75, 3.05) is 0 Å². The van der Waals surface area contributed by atoms with Gasteiger partial charge in [-0.05, 0) is 57.9 Å². The van der Waals surface area contributed by atoms with E-state index < -0.39 is 0 Å². The predicted molar refractivity (Wildman–Crippen MR) is 90.6 cm³/mol. The number of rotatable bonds is 1. The Morgan fingerprint density at radius 1 is 0.957 bits per heavy atom. The van der Waals surface area contributed by atoms with Crippen LogP contribution in [0, 0.1) is 34.6 Å². The Balaban J connectivity index is 2.09. The minimum Gasteiger partial charge on any atom is -0.361 e. The van der Waals surface area contributed by atoms with Crippen molar-refractivity contribution in [1.82, 2.24) is 20.1 Å². The van der Waals surface area contributed by atoms with Crippen LogP contribution in [-0.4, -0.2) is 20.1 Å². The molecule has 5 nitrogen and oxygen atoms in total. The third kappa shape index (κ3) is 1.96. The Kier molecular flexibility index (Phi) is 2.82. The summed E-state index contributed by atoms with van der Waals surface area (Å²) >= 11 is 0. The number of hydrogen-bond acceptors (Lipinski definition) is 4. The number of aromatic nitrogens is 4. The molecule has 1 aromatic carbocycles. The molecule has 0 unspecified atom stereocenters. The van der Waals surface area contributed by atoms with Gasteiger partial charge in [-0.1, -0.05) is 5.16 Å². The second-order valence-corrected chi connectivity index (χ2v) is 6.12. The quantitative estimate of drug-likeness (QED) is 0.569. The van der Waals surface area contributed by atoms with E-state index in [0.29, 0.717) is 0 Å². The lowest BCUT2D eigenvalue weighted by atomic mass is 9.97. The average Bonchev–Trinajstić information content (AvgIpc) is 2.98. The van der Waals surface area contributed by atoms with Crippen molar-refractivity contribution in [3.63, 3.8) is 0 Å². The van der Waals surface area contributed by atoms with E-state index in [4.69, 9.17) is 4.52 Å². The Labute approximate surface area is 133 Å². The molecular formula is C18H18N4O. The summed E-state index contributed by atoms with van der Waals surface area (Å²) < 4.78 is 5.33. The van der Waals surface area contributed by atoms with Crippen molar-refractivity contribution in [2.24, 2.45) is 0 Å². The maximum Gasteiger partial charge on any atom is 0.142 e. The monoisotopic (exact) mass is 306 g/mol. The van der Waals surface area contributed by atoms with Gasteiger partial charge in [0, 0.05) is 21.9 Å². The molecule has 0 aliphatic heterocycles. The fraction of sp³-hybridized carbons (Fsp3) is 0.278. The molecular weight excluding hydrogens is 288 g/mol. The zero-order valence-electron chi connectivity index (χ0n) is 13.9. The van der Waals surface area contributed by atoms with Gasteiger partial charge in [-0.2, -0.15) is 0 Å². The molecule has 0 aliphatic rings. The van der Waals surface area contributed by atoms with Crippen molar-refractivity contribution in [3.8, 4) is 11.1 Å². The van der Waals surface area contributed by atoms with Crippen LogP contribution in [0.5, 0.6) is 0 Å². The van der Waals surface area contributed by atoms with Gasteiger partial charge in [0.1, 0.15) is 17.2 Å². The summed E-state index contributed by atoms with van der Waals surface area (Å²) in [5.74, 6) is 1.62. The van der Waals surface area contributed by atoms with E-state index in [-0.39, 0.29) is 0 Å². The molecule has 0 amide bonds. The van der Waals surface area contributed by atoms with Gasteiger partial charge in [0.05, 0.1) is 11.4 Å². The molecule has 0 spiro atoms. The third-order valence-electron chi connectivity index (χ3n) is 4.39. The Bertz CT molecular complexity index is 1050. The lowest BCUT2D eigenvalue weighted by Gasteiger charge is -2.06. The fourth-order valence-electron chi connectivity index (χ4n) is 3.41. The third-order valence-corrected chi connectivity index (χ3v) is 4.39. The molecule has 1 N–H and O–H groups in total. The molecule has 0 radical (unpaired) electrons. The van der Waals surface area contributed by atoms with Gasteiger partial charge in [-0.3, -0.25) is 0 Å². The highest BCUT2D eigenvalue weighted by Crippen LogP contribution is 2.35. The fourth-order valence-corrected chi connectivity index (χ4v) is 3.41. The number of hydrogen-bond donors (Lipinski definition) is 1. The van der Waals surface area contributed by atoms with Gasteiger partial charge in [0.25, 0.3) is 0 Å². The molecule has 0 aliphatic carbocycles. The van der Waals surface area contributed by atoms with Gasteiger partial charge in [-0.15, -0.1) is 0 Å². The Hall–Kier alpha value is -2.69. The SMILES string of the molecule is Cc1nc(C)c2c(n1)[nH]c1cc(-c3c(C)noc3C)c(C)cc12. The molecule has 0 saturated heterocycles. The predicted octanol–water partition coefficient (Wildman–Crippen LogP) is 4.31. The molecule has 0 saturated carbocycles. The van der Waals surface area contributed by atoms with Crippen LogP contribution in [0.25, 0.3) is 33.1 Å². The first kappa shape index (κ1) is 13.9. The summed E-state index contributed by atoms with van der Waals surface area (Å²) in [6.07, 6.45) is 0. The molecule has 3 heterocycles. The van der Waals surface area contributed by atoms with E-state index >= 15 is 0 Å². The van der Waals surface area contributed by atoms with E-state index in [1.54, 1.807) is 0 Å². The molecule has 0 fully saturated rings. The van der Waals surface area contributed by atoms with Gasteiger partial charge in [-0.25, -0.2) is 9.97 Å². The van der Waals surface area contributed by atoms with Crippen LogP contribution in [0.4, 0.5) is 0 Å². The van der Waals surface area contributed by atoms with Crippen molar-refractivity contribution >= 4 is 21.9 Å². The number of aryl methyl sites for hydroxylation is 5. The van der Waals surface area contributed by atoms with Crippen LogP contribution in [0.2, 0.25) is 0 Å². The number of nitrogens with one attached hydrogen (secondary N) is 1. The van der Waals surface area contributed by atoms with E-state index in [1.807, 2.05) is 27.7 Å². The summed E-state index contributed by atoms with van der Waals surface area (Å²) in [7, 11) is 0. The van der Waals surface area contributed by atoms with Crippen molar-refractivity contribution in [1.29, 1.82) is 0 Å². The second kappa shape index (κ2) is 4.65. The van der Waals surface area contributed by atoms with Crippen molar-refractivity contribution in [3.05, 3.63) is 40.7 Å². The zero-order valence-corrected chi connectivity index (χ0v) is 13.9. The first-order valence-electron chi connectivity index (χ1n) is 7.66. The number of benzene rings is 1. The summed E-state index contributed by atoms with van der Waals surface area (Å²) in [5.41, 5.74) is 7.26. The van der Waals surface area contributed by atoms with Crippen LogP contribution in [0.15, 0.2) is 16.7 Å². The zero-order chi connectivity index (χ0) is 16.3. The highest BCUT2D eigenvalue weighted by atomic mass is 16.5. The Morgan fingerprint density at radius 2 is 1.74 bits per heavy atom. The topological polar surface area (TPSA) is 67.6 Å². The average molecular weight is 306 g/mol. The molecule has 5 heteroatoms. The normalized spacial score (nSPS) is 11.7. The van der Waals surface area contributed by atoms with Gasteiger partial charge >= 0.3 is 0 Å². The van der Waals surface area contributed by atoms with Crippen molar-refractivity contribution < 1.29 is 4.52 Å². The summed E-state index contributed by atoms with van der Waals surface area (Å²) in [4.78, 5) is 12.5. The van der Waals surface area contributed by atoms with Crippen LogP contribution < -0.4 is 0 Å². The molecule has 4 aromatic rings. The molecule has 0 bridgehead atoms. The second-order valence-electron chi connectivity index (χ2n) is 6.12. The van der Waals surface area contributed by atoms with Gasteiger partial charge in [0.15, 0.2) is 0 Å². The van der Waals surface area contributed by atoms with Gasteiger partial charge < -0.3 is 9.51 Å². The maximum absolute atomic E-state index is 5.33. The first-order chi connectivity index (χ1) is 11.0. The largest absolute Gasteiger partial charge is 0.361 e. The van der Waals surface area contributed by atoms with E-state index in [0.717, 1.165) is 56.0 Å². The number of aromatic amines is 1. The molecule has 0 atom stereocenters. The highest BCUT2D eigenvalue weighted by molar-refractivity contribution is 6.08. The molecule has 4 rings (SSSR count). The summed E-state index contributed by atoms with van der Waals surface area (Å²) in [5, 5.41) is 6.33. The smallest absolute Gasteiger partial charge is 0.142 e. The lowest BCUT2D eigenvalue weighted by molar-refractivity contribution is 0.393. The maximum atomic E-state index is 5.33.